The van der Waals surface area contributed by atoms with Gasteiger partial charge in [-0.3, -0.25) is 0 Å². The standard InChI is InChI=1S/C17H11BrFNO3/c1-9-15(10-2-5-12(19)6-3-10)20-14-7-4-11(18)8-13(14)16(9)23-17(21)22/h2-8H,1H3,(H,21,22). The quantitative estimate of drug-likeness (QED) is 0.627. The van der Waals surface area contributed by atoms with Gasteiger partial charge in [-0.1, -0.05) is 15.9 Å². The van der Waals surface area contributed by atoms with Gasteiger partial charge in [0.15, 0.2) is 0 Å². The van der Waals surface area contributed by atoms with Crippen LogP contribution in [0.15, 0.2) is 46.9 Å². The number of ether oxygens (including phenoxy) is 1. The summed E-state index contributed by atoms with van der Waals surface area (Å²) < 4.78 is 18.9. The van der Waals surface area contributed by atoms with E-state index >= 15 is 0 Å². The van der Waals surface area contributed by atoms with E-state index in [0.29, 0.717) is 27.7 Å². The van der Waals surface area contributed by atoms with E-state index < -0.39 is 6.16 Å². The highest BCUT2D eigenvalue weighted by Crippen LogP contribution is 2.36. The van der Waals surface area contributed by atoms with Gasteiger partial charge in [-0.05, 0) is 49.4 Å². The predicted octanol–water partition coefficient (Wildman–Crippen LogP) is 5.17. The predicted molar refractivity (Wildman–Crippen MR) is 88.2 cm³/mol. The maximum Gasteiger partial charge on any atom is 0.511 e. The second-order valence-corrected chi connectivity index (χ2v) is 5.87. The molecule has 0 bridgehead atoms. The van der Waals surface area contributed by atoms with Gasteiger partial charge >= 0.3 is 6.16 Å². The molecule has 0 aliphatic heterocycles. The minimum Gasteiger partial charge on any atom is -0.449 e. The van der Waals surface area contributed by atoms with Crippen molar-refractivity contribution in [2.45, 2.75) is 6.92 Å². The van der Waals surface area contributed by atoms with Gasteiger partial charge in [-0.15, -0.1) is 0 Å². The lowest BCUT2D eigenvalue weighted by Crippen LogP contribution is -2.06. The van der Waals surface area contributed by atoms with E-state index in [4.69, 9.17) is 9.84 Å². The Bertz CT molecular complexity index is 910. The first-order valence-electron chi connectivity index (χ1n) is 6.72. The molecule has 0 saturated heterocycles. The highest BCUT2D eigenvalue weighted by molar-refractivity contribution is 9.10. The van der Waals surface area contributed by atoms with Crippen molar-refractivity contribution in [3.63, 3.8) is 0 Å². The maximum absolute atomic E-state index is 13.1. The highest BCUT2D eigenvalue weighted by atomic mass is 79.9. The summed E-state index contributed by atoms with van der Waals surface area (Å²) in [6.07, 6.45) is -1.40. The summed E-state index contributed by atoms with van der Waals surface area (Å²) in [5.41, 5.74) is 2.40. The molecule has 2 aromatic carbocycles. The molecule has 0 aliphatic carbocycles. The third kappa shape index (κ3) is 3.03. The van der Waals surface area contributed by atoms with E-state index in [1.165, 1.54) is 12.1 Å². The lowest BCUT2D eigenvalue weighted by Gasteiger charge is -2.13. The van der Waals surface area contributed by atoms with Gasteiger partial charge in [0.1, 0.15) is 11.6 Å². The smallest absolute Gasteiger partial charge is 0.449 e. The number of hydrogen-bond donors (Lipinski definition) is 1. The first-order chi connectivity index (χ1) is 11.0. The number of carbonyl (C=O) groups is 1. The van der Waals surface area contributed by atoms with E-state index in [-0.39, 0.29) is 11.6 Å². The van der Waals surface area contributed by atoms with Crippen LogP contribution in [0.25, 0.3) is 22.2 Å². The van der Waals surface area contributed by atoms with E-state index in [1.807, 2.05) is 6.07 Å². The van der Waals surface area contributed by atoms with Crippen LogP contribution in [0.2, 0.25) is 0 Å². The van der Waals surface area contributed by atoms with Crippen molar-refractivity contribution >= 4 is 33.0 Å². The summed E-state index contributed by atoms with van der Waals surface area (Å²) in [5.74, 6) is -0.124. The lowest BCUT2D eigenvalue weighted by atomic mass is 10.0. The number of hydrogen-bond acceptors (Lipinski definition) is 3. The van der Waals surface area contributed by atoms with E-state index in [2.05, 4.69) is 20.9 Å². The van der Waals surface area contributed by atoms with Crippen molar-refractivity contribution in [2.24, 2.45) is 0 Å². The van der Waals surface area contributed by atoms with Crippen LogP contribution >= 0.6 is 15.9 Å². The average Bonchev–Trinajstić information content (AvgIpc) is 2.51. The van der Waals surface area contributed by atoms with Gasteiger partial charge in [-0.25, -0.2) is 14.2 Å². The van der Waals surface area contributed by atoms with Crippen LogP contribution in [0.4, 0.5) is 9.18 Å². The van der Waals surface area contributed by atoms with Crippen molar-refractivity contribution < 1.29 is 19.0 Å². The van der Waals surface area contributed by atoms with Crippen LogP contribution in [-0.2, 0) is 0 Å². The zero-order valence-corrected chi connectivity index (χ0v) is 13.6. The molecule has 3 aromatic rings. The normalized spacial score (nSPS) is 10.7. The fourth-order valence-corrected chi connectivity index (χ4v) is 2.77. The van der Waals surface area contributed by atoms with Crippen molar-refractivity contribution in [3.8, 4) is 17.0 Å². The van der Waals surface area contributed by atoms with Crippen LogP contribution in [-0.4, -0.2) is 16.2 Å². The van der Waals surface area contributed by atoms with Gasteiger partial charge in [0, 0.05) is 21.0 Å². The Morgan fingerprint density at radius 3 is 2.57 bits per heavy atom. The Balaban J connectivity index is 2.31. The average molecular weight is 376 g/mol. The molecule has 1 heterocycles. The largest absolute Gasteiger partial charge is 0.511 e. The molecule has 0 radical (unpaired) electrons. The van der Waals surface area contributed by atoms with Gasteiger partial charge in [0.05, 0.1) is 11.2 Å². The van der Waals surface area contributed by atoms with Crippen LogP contribution in [0.3, 0.4) is 0 Å². The first-order valence-corrected chi connectivity index (χ1v) is 7.51. The lowest BCUT2D eigenvalue weighted by molar-refractivity contribution is 0.144. The van der Waals surface area contributed by atoms with Gasteiger partial charge in [0.25, 0.3) is 0 Å². The van der Waals surface area contributed by atoms with Crippen LogP contribution in [0.5, 0.6) is 5.75 Å². The monoisotopic (exact) mass is 375 g/mol. The summed E-state index contributed by atoms with van der Waals surface area (Å²) >= 11 is 3.36. The summed E-state index contributed by atoms with van der Waals surface area (Å²) in [4.78, 5) is 15.6. The molecule has 1 N–H and O–H groups in total. The summed E-state index contributed by atoms with van der Waals surface area (Å²) in [5, 5.41) is 9.60. The van der Waals surface area contributed by atoms with E-state index in [0.717, 1.165) is 4.47 Å². The van der Waals surface area contributed by atoms with Gasteiger partial charge in [0.2, 0.25) is 0 Å². The maximum atomic E-state index is 13.1. The topological polar surface area (TPSA) is 59.4 Å². The molecule has 0 spiro atoms. The van der Waals surface area contributed by atoms with Crippen LogP contribution < -0.4 is 4.74 Å². The molecule has 23 heavy (non-hydrogen) atoms. The molecule has 116 valence electrons. The number of aromatic nitrogens is 1. The molecule has 0 unspecified atom stereocenters. The summed E-state index contributed by atoms with van der Waals surface area (Å²) in [7, 11) is 0. The third-order valence-corrected chi connectivity index (χ3v) is 3.93. The van der Waals surface area contributed by atoms with Crippen molar-refractivity contribution in [1.82, 2.24) is 4.98 Å². The molecule has 3 rings (SSSR count). The minimum atomic E-state index is -1.40. The molecule has 4 nitrogen and oxygen atoms in total. The zero-order valence-electron chi connectivity index (χ0n) is 12.0. The Kier molecular flexibility index (Phi) is 4.00. The molecule has 0 atom stereocenters. The summed E-state index contributed by atoms with van der Waals surface area (Å²) in [6.45, 7) is 1.73. The van der Waals surface area contributed by atoms with Crippen molar-refractivity contribution in [1.29, 1.82) is 0 Å². The Morgan fingerprint density at radius 1 is 1.22 bits per heavy atom. The minimum absolute atomic E-state index is 0.225. The molecule has 0 aliphatic rings. The Morgan fingerprint density at radius 2 is 1.91 bits per heavy atom. The number of rotatable bonds is 2. The van der Waals surface area contributed by atoms with E-state index in [1.54, 1.807) is 31.2 Å². The Hall–Kier alpha value is -2.47. The highest BCUT2D eigenvalue weighted by Gasteiger charge is 2.17. The fourth-order valence-electron chi connectivity index (χ4n) is 2.41. The molecule has 1 aromatic heterocycles. The Labute approximate surface area is 139 Å². The molecular formula is C17H11BrFNO3. The third-order valence-electron chi connectivity index (χ3n) is 3.44. The molecule has 0 fully saturated rings. The van der Waals surface area contributed by atoms with Crippen molar-refractivity contribution in [3.05, 3.63) is 58.3 Å². The molecule has 6 heteroatoms. The van der Waals surface area contributed by atoms with E-state index in [9.17, 15) is 9.18 Å². The fraction of sp³-hybridized carbons (Fsp3) is 0.0588. The number of halogens is 2. The van der Waals surface area contributed by atoms with Gasteiger partial charge in [-0.2, -0.15) is 0 Å². The SMILES string of the molecule is Cc1c(-c2ccc(F)cc2)nc2ccc(Br)cc2c1OC(=O)O. The number of fused-ring (bicyclic) bond motifs is 1. The number of pyridine rings is 1. The van der Waals surface area contributed by atoms with Crippen LogP contribution in [0, 0.1) is 12.7 Å². The second kappa shape index (κ2) is 5.96. The molecule has 0 amide bonds. The first kappa shape index (κ1) is 15.4. The summed E-state index contributed by atoms with van der Waals surface area (Å²) in [6, 6.07) is 11.2. The van der Waals surface area contributed by atoms with Crippen LogP contribution in [0.1, 0.15) is 5.56 Å². The molecular weight excluding hydrogens is 365 g/mol. The number of benzene rings is 2. The molecule has 0 saturated carbocycles. The van der Waals surface area contributed by atoms with Crippen molar-refractivity contribution in [2.75, 3.05) is 0 Å². The van der Waals surface area contributed by atoms with Gasteiger partial charge < -0.3 is 9.84 Å². The number of nitrogens with zero attached hydrogens (tertiary/aromatic N) is 1. The zero-order chi connectivity index (χ0) is 16.6. The number of carboxylic acid groups (broad SMARTS) is 1. The second-order valence-electron chi connectivity index (χ2n) is 4.95.